The van der Waals surface area contributed by atoms with E-state index in [2.05, 4.69) is 4.90 Å². The lowest BCUT2D eigenvalue weighted by atomic mass is 10.2. The summed E-state index contributed by atoms with van der Waals surface area (Å²) >= 11 is 0. The van der Waals surface area contributed by atoms with Crippen LogP contribution in [0.3, 0.4) is 0 Å². The maximum atomic E-state index is 12.3. The second-order valence-electron chi connectivity index (χ2n) is 5.51. The number of rotatable bonds is 4. The van der Waals surface area contributed by atoms with Crippen molar-refractivity contribution < 1.29 is 9.84 Å². The van der Waals surface area contributed by atoms with Gasteiger partial charge in [-0.25, -0.2) is 4.79 Å². The lowest BCUT2D eigenvalue weighted by molar-refractivity contribution is 0.0115. The third kappa shape index (κ3) is 2.88. The number of morpholine rings is 1. The summed E-state index contributed by atoms with van der Waals surface area (Å²) in [5.74, 6) is 0. The molecule has 1 aliphatic heterocycles. The van der Waals surface area contributed by atoms with E-state index in [0.717, 1.165) is 24.1 Å². The van der Waals surface area contributed by atoms with Gasteiger partial charge in [-0.2, -0.15) is 0 Å². The Kier molecular flexibility index (Phi) is 4.10. The van der Waals surface area contributed by atoms with Crippen molar-refractivity contribution in [2.75, 3.05) is 32.8 Å². The zero-order valence-electron chi connectivity index (χ0n) is 12.2. The summed E-state index contributed by atoms with van der Waals surface area (Å²) in [5.41, 5.74) is 1.67. The zero-order chi connectivity index (χ0) is 14.8. The molecule has 1 aromatic heterocycles. The molecular weight excluding hydrogens is 270 g/mol. The molecule has 0 radical (unpaired) electrons. The van der Waals surface area contributed by atoms with E-state index in [1.165, 1.54) is 0 Å². The number of fused-ring (bicyclic) bond motifs is 1. The van der Waals surface area contributed by atoms with Crippen molar-refractivity contribution in [1.29, 1.82) is 0 Å². The van der Waals surface area contributed by atoms with Crippen LogP contribution in [0.15, 0.2) is 29.1 Å². The van der Waals surface area contributed by atoms with Gasteiger partial charge in [0.2, 0.25) is 0 Å². The second kappa shape index (κ2) is 6.01. The molecule has 3 rings (SSSR count). The Morgan fingerprint density at radius 3 is 2.57 bits per heavy atom. The van der Waals surface area contributed by atoms with Gasteiger partial charge in [0.05, 0.1) is 36.9 Å². The van der Waals surface area contributed by atoms with Gasteiger partial charge in [-0.15, -0.1) is 0 Å². The van der Waals surface area contributed by atoms with Crippen LogP contribution in [0.2, 0.25) is 0 Å². The molecule has 2 aromatic rings. The molecule has 2 heterocycles. The predicted molar refractivity (Wildman–Crippen MR) is 80.4 cm³/mol. The van der Waals surface area contributed by atoms with E-state index >= 15 is 0 Å². The molecule has 114 valence electrons. The summed E-state index contributed by atoms with van der Waals surface area (Å²) in [6.45, 7) is 3.97. The predicted octanol–water partition coefficient (Wildman–Crippen LogP) is 0.0331. The third-order valence-electron chi connectivity index (χ3n) is 4.02. The molecule has 1 fully saturated rings. The van der Waals surface area contributed by atoms with Crippen molar-refractivity contribution in [2.24, 2.45) is 7.05 Å². The number of ether oxygens (including phenoxy) is 1. The molecule has 1 atom stereocenters. The number of imidazole rings is 1. The van der Waals surface area contributed by atoms with Gasteiger partial charge in [-0.3, -0.25) is 14.0 Å². The molecule has 1 unspecified atom stereocenters. The molecular formula is C15H21N3O3. The monoisotopic (exact) mass is 291 g/mol. The van der Waals surface area contributed by atoms with Gasteiger partial charge in [0.25, 0.3) is 0 Å². The Morgan fingerprint density at radius 2 is 1.86 bits per heavy atom. The minimum atomic E-state index is -0.563. The van der Waals surface area contributed by atoms with Crippen LogP contribution in [0.5, 0.6) is 0 Å². The lowest BCUT2D eigenvalue weighted by Gasteiger charge is -2.28. The highest BCUT2D eigenvalue weighted by molar-refractivity contribution is 5.75. The maximum Gasteiger partial charge on any atom is 0.328 e. The Labute approximate surface area is 123 Å². The fraction of sp³-hybridized carbons (Fsp3) is 0.533. The lowest BCUT2D eigenvalue weighted by Crippen LogP contribution is -2.42. The standard InChI is InChI=1S/C15H21N3O3/c1-16-13-4-2-3-5-14(13)18(15(16)20)11-12(19)10-17-6-8-21-9-7-17/h2-5,12,19H,6-11H2,1H3. The molecule has 0 aliphatic carbocycles. The van der Waals surface area contributed by atoms with Gasteiger partial charge in [0, 0.05) is 26.7 Å². The van der Waals surface area contributed by atoms with Crippen molar-refractivity contribution >= 4 is 11.0 Å². The van der Waals surface area contributed by atoms with E-state index in [-0.39, 0.29) is 5.69 Å². The van der Waals surface area contributed by atoms with Crippen LogP contribution in [-0.2, 0) is 18.3 Å². The summed E-state index contributed by atoms with van der Waals surface area (Å²) in [4.78, 5) is 14.5. The highest BCUT2D eigenvalue weighted by Crippen LogP contribution is 2.12. The summed E-state index contributed by atoms with van der Waals surface area (Å²) in [5, 5.41) is 10.3. The average molecular weight is 291 g/mol. The van der Waals surface area contributed by atoms with E-state index in [1.54, 1.807) is 16.2 Å². The van der Waals surface area contributed by atoms with Crippen molar-refractivity contribution in [2.45, 2.75) is 12.6 Å². The van der Waals surface area contributed by atoms with Crippen LogP contribution in [-0.4, -0.2) is 58.1 Å². The molecule has 6 heteroatoms. The smallest absolute Gasteiger partial charge is 0.328 e. The molecule has 0 bridgehead atoms. The van der Waals surface area contributed by atoms with E-state index in [9.17, 15) is 9.90 Å². The van der Waals surface area contributed by atoms with Gasteiger partial charge in [0.1, 0.15) is 0 Å². The third-order valence-corrected chi connectivity index (χ3v) is 4.02. The molecule has 1 saturated heterocycles. The van der Waals surface area contributed by atoms with Crippen LogP contribution in [0.1, 0.15) is 0 Å². The quantitative estimate of drug-likeness (QED) is 0.863. The summed E-state index contributed by atoms with van der Waals surface area (Å²) in [6.07, 6.45) is -0.563. The SMILES string of the molecule is Cn1c(=O)n(CC(O)CN2CCOCC2)c2ccccc21. The number of aliphatic hydroxyl groups is 1. The Bertz CT molecular complexity index is 670. The normalized spacial score (nSPS) is 18.2. The number of benzene rings is 1. The number of hydrogen-bond donors (Lipinski definition) is 1. The van der Waals surface area contributed by atoms with E-state index < -0.39 is 6.10 Å². The van der Waals surface area contributed by atoms with Crippen molar-refractivity contribution in [1.82, 2.24) is 14.0 Å². The van der Waals surface area contributed by atoms with Crippen LogP contribution in [0.4, 0.5) is 0 Å². The average Bonchev–Trinajstić information content (AvgIpc) is 2.74. The Hall–Kier alpha value is -1.63. The minimum absolute atomic E-state index is 0.0859. The summed E-state index contributed by atoms with van der Waals surface area (Å²) < 4.78 is 8.57. The van der Waals surface area contributed by atoms with Gasteiger partial charge < -0.3 is 9.84 Å². The number of nitrogens with zero attached hydrogens (tertiary/aromatic N) is 3. The van der Waals surface area contributed by atoms with Gasteiger partial charge >= 0.3 is 5.69 Å². The highest BCUT2D eigenvalue weighted by atomic mass is 16.5. The van der Waals surface area contributed by atoms with E-state index in [1.807, 2.05) is 24.3 Å². The second-order valence-corrected chi connectivity index (χ2v) is 5.51. The zero-order valence-corrected chi connectivity index (χ0v) is 12.2. The molecule has 0 amide bonds. The van der Waals surface area contributed by atoms with Crippen molar-refractivity contribution in [3.05, 3.63) is 34.7 Å². The van der Waals surface area contributed by atoms with Crippen LogP contribution in [0, 0.1) is 0 Å². The fourth-order valence-corrected chi connectivity index (χ4v) is 2.89. The van der Waals surface area contributed by atoms with E-state index in [0.29, 0.717) is 26.3 Å². The van der Waals surface area contributed by atoms with Crippen molar-refractivity contribution in [3.8, 4) is 0 Å². The number of aliphatic hydroxyl groups excluding tert-OH is 1. The highest BCUT2D eigenvalue weighted by Gasteiger charge is 2.18. The molecule has 6 nitrogen and oxygen atoms in total. The van der Waals surface area contributed by atoms with Gasteiger partial charge in [0.15, 0.2) is 0 Å². The fourth-order valence-electron chi connectivity index (χ4n) is 2.89. The number of hydrogen-bond acceptors (Lipinski definition) is 4. The number of para-hydroxylation sites is 2. The summed E-state index contributed by atoms with van der Waals surface area (Å²) in [6, 6.07) is 7.66. The number of aryl methyl sites for hydroxylation is 1. The first-order valence-electron chi connectivity index (χ1n) is 7.29. The van der Waals surface area contributed by atoms with Crippen LogP contribution >= 0.6 is 0 Å². The maximum absolute atomic E-state index is 12.3. The molecule has 0 spiro atoms. The first kappa shape index (κ1) is 14.3. The van der Waals surface area contributed by atoms with E-state index in [4.69, 9.17) is 4.74 Å². The van der Waals surface area contributed by atoms with Crippen LogP contribution in [0.25, 0.3) is 11.0 Å². The Morgan fingerprint density at radius 1 is 1.19 bits per heavy atom. The van der Waals surface area contributed by atoms with Gasteiger partial charge in [-0.05, 0) is 12.1 Å². The molecule has 21 heavy (non-hydrogen) atoms. The van der Waals surface area contributed by atoms with Gasteiger partial charge in [-0.1, -0.05) is 12.1 Å². The molecule has 1 aromatic carbocycles. The topological polar surface area (TPSA) is 59.6 Å². The largest absolute Gasteiger partial charge is 0.390 e. The minimum Gasteiger partial charge on any atom is -0.390 e. The Balaban J connectivity index is 1.78. The number of β-amino-alcohol motifs (C(OH)–C–C–N with tert-alkyl or cyclic N) is 1. The molecule has 0 saturated carbocycles. The van der Waals surface area contributed by atoms with Crippen molar-refractivity contribution in [3.63, 3.8) is 0 Å². The summed E-state index contributed by atoms with van der Waals surface area (Å²) in [7, 11) is 1.76. The van der Waals surface area contributed by atoms with Crippen LogP contribution < -0.4 is 5.69 Å². The first-order valence-corrected chi connectivity index (χ1v) is 7.29. The first-order chi connectivity index (χ1) is 10.2. The molecule has 1 N–H and O–H groups in total. The number of aromatic nitrogens is 2. The molecule has 1 aliphatic rings.